The van der Waals surface area contributed by atoms with Crippen molar-refractivity contribution in [2.75, 3.05) is 7.11 Å². The Kier molecular flexibility index (Phi) is 5.60. The lowest BCUT2D eigenvalue weighted by Crippen LogP contribution is -2.23. The van der Waals surface area contributed by atoms with E-state index in [4.69, 9.17) is 15.5 Å². The molecular weight excluding hydrogens is 368 g/mol. The van der Waals surface area contributed by atoms with Gasteiger partial charge in [-0.2, -0.15) is 4.37 Å². The highest BCUT2D eigenvalue weighted by Gasteiger charge is 2.10. The molecule has 0 bridgehead atoms. The predicted octanol–water partition coefficient (Wildman–Crippen LogP) is 4.26. The van der Waals surface area contributed by atoms with Crippen molar-refractivity contribution in [1.82, 2.24) is 14.3 Å². The zero-order valence-electron chi connectivity index (χ0n) is 15.7. The van der Waals surface area contributed by atoms with E-state index in [0.29, 0.717) is 0 Å². The van der Waals surface area contributed by atoms with Gasteiger partial charge in [0.25, 0.3) is 0 Å². The molecule has 0 spiro atoms. The molecule has 0 amide bonds. The number of hydrogen-bond acceptors (Lipinski definition) is 6. The minimum atomic E-state index is 0.0916. The van der Waals surface area contributed by atoms with Crippen LogP contribution in [0.2, 0.25) is 0 Å². The Balaban J connectivity index is 1.37. The topological polar surface area (TPSA) is 73.9 Å². The van der Waals surface area contributed by atoms with Crippen molar-refractivity contribution in [2.24, 2.45) is 5.73 Å². The number of methoxy groups -OCH3 is 1. The highest BCUT2D eigenvalue weighted by molar-refractivity contribution is 7.05. The van der Waals surface area contributed by atoms with E-state index in [1.807, 2.05) is 30.5 Å². The first-order chi connectivity index (χ1) is 13.7. The lowest BCUT2D eigenvalue weighted by atomic mass is 10.0. The normalized spacial score (nSPS) is 12.2. The first-order valence-corrected chi connectivity index (χ1v) is 10.0. The van der Waals surface area contributed by atoms with Crippen molar-refractivity contribution in [3.63, 3.8) is 0 Å². The van der Waals surface area contributed by atoms with E-state index in [0.717, 1.165) is 52.2 Å². The molecule has 6 heteroatoms. The second-order valence-electron chi connectivity index (χ2n) is 6.80. The molecule has 5 nitrogen and oxygen atoms in total. The summed E-state index contributed by atoms with van der Waals surface area (Å²) in [5.41, 5.74) is 8.57. The summed E-state index contributed by atoms with van der Waals surface area (Å²) in [6.07, 6.45) is 6.23. The first kappa shape index (κ1) is 18.5. The Labute approximate surface area is 168 Å². The second-order valence-corrected chi connectivity index (χ2v) is 7.64. The monoisotopic (exact) mass is 390 g/mol. The van der Waals surface area contributed by atoms with E-state index in [1.54, 1.807) is 13.3 Å². The zero-order valence-corrected chi connectivity index (χ0v) is 16.5. The molecule has 28 heavy (non-hydrogen) atoms. The number of rotatable bonds is 7. The molecule has 0 fully saturated rings. The molecule has 0 saturated carbocycles. The van der Waals surface area contributed by atoms with Gasteiger partial charge in [0, 0.05) is 35.8 Å². The largest absolute Gasteiger partial charge is 0.497 e. The summed E-state index contributed by atoms with van der Waals surface area (Å²) in [5.74, 6) is 1.64. The molecule has 2 N–H and O–H groups in total. The third kappa shape index (κ3) is 4.35. The minimum absolute atomic E-state index is 0.0916. The van der Waals surface area contributed by atoms with Crippen LogP contribution in [-0.2, 0) is 12.8 Å². The van der Waals surface area contributed by atoms with E-state index in [-0.39, 0.29) is 6.04 Å². The molecule has 142 valence electrons. The fourth-order valence-electron chi connectivity index (χ4n) is 3.17. The Morgan fingerprint density at radius 3 is 2.75 bits per heavy atom. The number of hydrogen-bond donors (Lipinski definition) is 1. The molecule has 0 aliphatic rings. The number of fused-ring (bicyclic) bond motifs is 1. The summed E-state index contributed by atoms with van der Waals surface area (Å²) in [5, 5.41) is 3.28. The maximum absolute atomic E-state index is 6.32. The summed E-state index contributed by atoms with van der Waals surface area (Å²) in [7, 11) is 1.67. The van der Waals surface area contributed by atoms with Crippen LogP contribution in [0.25, 0.3) is 22.2 Å². The summed E-state index contributed by atoms with van der Waals surface area (Å²) in [6.45, 7) is 0. The SMILES string of the molecule is COc1ccc(C[C@H](N)CCc2nc(-c3ccc4cnccc4c3)ns2)cc1. The Morgan fingerprint density at radius 1 is 1.07 bits per heavy atom. The lowest BCUT2D eigenvalue weighted by Gasteiger charge is -2.11. The van der Waals surface area contributed by atoms with Gasteiger partial charge >= 0.3 is 0 Å². The molecule has 1 atom stereocenters. The van der Waals surface area contributed by atoms with Crippen LogP contribution >= 0.6 is 11.5 Å². The maximum atomic E-state index is 6.32. The number of nitrogens with two attached hydrogens (primary N) is 1. The van der Waals surface area contributed by atoms with Crippen molar-refractivity contribution in [2.45, 2.75) is 25.3 Å². The van der Waals surface area contributed by atoms with Gasteiger partial charge < -0.3 is 10.5 Å². The number of aromatic nitrogens is 3. The van der Waals surface area contributed by atoms with Crippen LogP contribution in [0.5, 0.6) is 5.75 Å². The third-order valence-corrected chi connectivity index (χ3v) is 5.52. The van der Waals surface area contributed by atoms with E-state index < -0.39 is 0 Å². The smallest absolute Gasteiger partial charge is 0.173 e. The van der Waals surface area contributed by atoms with Gasteiger partial charge in [0.15, 0.2) is 5.82 Å². The number of pyridine rings is 1. The second kappa shape index (κ2) is 8.46. The molecule has 2 heterocycles. The summed E-state index contributed by atoms with van der Waals surface area (Å²) < 4.78 is 9.73. The number of benzene rings is 2. The quantitative estimate of drug-likeness (QED) is 0.510. The van der Waals surface area contributed by atoms with Crippen LogP contribution in [-0.4, -0.2) is 27.5 Å². The molecule has 2 aromatic heterocycles. The number of ether oxygens (including phenoxy) is 1. The van der Waals surface area contributed by atoms with Crippen LogP contribution in [0.15, 0.2) is 60.9 Å². The molecule has 0 radical (unpaired) electrons. The predicted molar refractivity (Wildman–Crippen MR) is 114 cm³/mol. The first-order valence-electron chi connectivity index (χ1n) is 9.26. The summed E-state index contributed by atoms with van der Waals surface area (Å²) in [6, 6.07) is 16.4. The molecule has 2 aromatic carbocycles. The fraction of sp³-hybridized carbons (Fsp3) is 0.227. The van der Waals surface area contributed by atoms with Crippen molar-refractivity contribution >= 4 is 22.3 Å². The van der Waals surface area contributed by atoms with Gasteiger partial charge in [0.1, 0.15) is 10.8 Å². The van der Waals surface area contributed by atoms with E-state index in [1.165, 1.54) is 17.1 Å². The molecular formula is C22H22N4OS. The average Bonchev–Trinajstić information content (AvgIpc) is 3.21. The molecule has 4 rings (SSSR count). The molecule has 0 unspecified atom stereocenters. The molecule has 0 aliphatic carbocycles. The standard InChI is InChI=1S/C22H22N4OS/c1-27-20-7-2-15(3-8-20)12-19(23)6-9-21-25-22(26-28-21)17-4-5-18-14-24-11-10-16(18)13-17/h2-5,7-8,10-11,13-14,19H,6,9,12,23H2,1H3/t19-/m1/s1. The highest BCUT2D eigenvalue weighted by atomic mass is 32.1. The van der Waals surface area contributed by atoms with Gasteiger partial charge in [0.2, 0.25) is 0 Å². The maximum Gasteiger partial charge on any atom is 0.173 e. The fourth-order valence-corrected chi connectivity index (χ4v) is 3.85. The van der Waals surface area contributed by atoms with Crippen molar-refractivity contribution < 1.29 is 4.74 Å². The third-order valence-electron chi connectivity index (χ3n) is 4.75. The molecule has 0 aliphatic heterocycles. The summed E-state index contributed by atoms with van der Waals surface area (Å²) in [4.78, 5) is 8.86. The highest BCUT2D eigenvalue weighted by Crippen LogP contribution is 2.23. The van der Waals surface area contributed by atoms with Crippen LogP contribution in [0.4, 0.5) is 0 Å². The minimum Gasteiger partial charge on any atom is -0.497 e. The average molecular weight is 391 g/mol. The van der Waals surface area contributed by atoms with Crippen molar-refractivity contribution in [3.8, 4) is 17.1 Å². The van der Waals surface area contributed by atoms with Crippen molar-refractivity contribution in [3.05, 3.63) is 71.5 Å². The van der Waals surface area contributed by atoms with Gasteiger partial charge in [-0.15, -0.1) is 0 Å². The zero-order chi connectivity index (χ0) is 19.3. The Hall–Kier alpha value is -2.83. The van der Waals surface area contributed by atoms with E-state index in [2.05, 4.69) is 33.6 Å². The van der Waals surface area contributed by atoms with Gasteiger partial charge in [-0.3, -0.25) is 4.98 Å². The number of aryl methyl sites for hydroxylation is 1. The van der Waals surface area contributed by atoms with Crippen LogP contribution in [0.1, 0.15) is 17.0 Å². The number of nitrogens with zero attached hydrogens (tertiary/aromatic N) is 3. The van der Waals surface area contributed by atoms with Gasteiger partial charge in [-0.05, 0) is 59.6 Å². The molecule has 0 saturated heterocycles. The van der Waals surface area contributed by atoms with Crippen LogP contribution < -0.4 is 10.5 Å². The van der Waals surface area contributed by atoms with Gasteiger partial charge in [-0.1, -0.05) is 24.3 Å². The van der Waals surface area contributed by atoms with Crippen LogP contribution in [0.3, 0.4) is 0 Å². The van der Waals surface area contributed by atoms with Crippen LogP contribution in [0, 0.1) is 0 Å². The summed E-state index contributed by atoms with van der Waals surface area (Å²) >= 11 is 1.46. The van der Waals surface area contributed by atoms with Gasteiger partial charge in [-0.25, -0.2) is 4.98 Å². The van der Waals surface area contributed by atoms with Crippen molar-refractivity contribution in [1.29, 1.82) is 0 Å². The molecule has 4 aromatic rings. The van der Waals surface area contributed by atoms with E-state index >= 15 is 0 Å². The lowest BCUT2D eigenvalue weighted by molar-refractivity contribution is 0.414. The Morgan fingerprint density at radius 2 is 1.93 bits per heavy atom. The van der Waals surface area contributed by atoms with E-state index in [9.17, 15) is 0 Å². The van der Waals surface area contributed by atoms with Gasteiger partial charge in [0.05, 0.1) is 7.11 Å². The Bertz CT molecular complexity index is 1060.